The first kappa shape index (κ1) is 10.8. The number of nitrogens with zero attached hydrogens (tertiary/aromatic N) is 2. The molecule has 0 aliphatic carbocycles. The molecule has 0 saturated carbocycles. The molecule has 2 N–H and O–H groups in total. The van der Waals surface area contributed by atoms with Crippen molar-refractivity contribution in [2.24, 2.45) is 5.92 Å². The summed E-state index contributed by atoms with van der Waals surface area (Å²) in [6.45, 7) is 2.68. The second-order valence-corrected chi connectivity index (χ2v) is 4.38. The molecule has 2 rings (SSSR count). The van der Waals surface area contributed by atoms with E-state index >= 15 is 0 Å². The summed E-state index contributed by atoms with van der Waals surface area (Å²) >= 11 is 5.82. The van der Waals surface area contributed by atoms with Crippen LogP contribution in [0.25, 0.3) is 0 Å². The Morgan fingerprint density at radius 1 is 1.53 bits per heavy atom. The fourth-order valence-electron chi connectivity index (χ4n) is 1.88. The van der Waals surface area contributed by atoms with Crippen molar-refractivity contribution in [1.29, 1.82) is 0 Å². The van der Waals surface area contributed by atoms with Crippen molar-refractivity contribution < 1.29 is 4.74 Å². The van der Waals surface area contributed by atoms with Crippen molar-refractivity contribution in [3.63, 3.8) is 0 Å². The lowest BCUT2D eigenvalue weighted by atomic mass is 9.97. The van der Waals surface area contributed by atoms with Gasteiger partial charge in [0.15, 0.2) is 5.82 Å². The van der Waals surface area contributed by atoms with Gasteiger partial charge in [-0.1, -0.05) is 11.6 Å². The van der Waals surface area contributed by atoms with Crippen LogP contribution in [0.15, 0.2) is 6.20 Å². The molecule has 84 valence electrons. The van der Waals surface area contributed by atoms with Crippen LogP contribution in [0.4, 0.5) is 5.82 Å². The number of ether oxygens (including phenoxy) is 1. The van der Waals surface area contributed by atoms with E-state index in [4.69, 9.17) is 22.1 Å². The molecule has 1 fully saturated rings. The van der Waals surface area contributed by atoms with Crippen LogP contribution in [0.2, 0.25) is 5.02 Å². The van der Waals surface area contributed by atoms with E-state index in [0.717, 1.165) is 44.9 Å². The van der Waals surface area contributed by atoms with Crippen LogP contribution in [0, 0.1) is 5.92 Å². The normalized spacial score (nSPS) is 18.2. The van der Waals surface area contributed by atoms with Gasteiger partial charge in [0.2, 0.25) is 0 Å². The lowest BCUT2D eigenvalue weighted by molar-refractivity contribution is 0.0623. The van der Waals surface area contributed by atoms with Crippen molar-refractivity contribution in [2.45, 2.75) is 25.8 Å². The van der Waals surface area contributed by atoms with Gasteiger partial charge in [-0.3, -0.25) is 4.68 Å². The van der Waals surface area contributed by atoms with E-state index < -0.39 is 0 Å². The summed E-state index contributed by atoms with van der Waals surface area (Å²) < 4.78 is 7.14. The lowest BCUT2D eigenvalue weighted by Crippen LogP contribution is -2.17. The third-order valence-electron chi connectivity index (χ3n) is 2.85. The molecular formula is C10H16ClN3O. The summed E-state index contributed by atoms with van der Waals surface area (Å²) in [5.74, 6) is 1.17. The molecule has 0 spiro atoms. The van der Waals surface area contributed by atoms with E-state index in [1.165, 1.54) is 0 Å². The quantitative estimate of drug-likeness (QED) is 0.862. The SMILES string of the molecule is Nc1nn(CCC2CCOCC2)cc1Cl. The fraction of sp³-hybridized carbons (Fsp3) is 0.700. The molecule has 0 atom stereocenters. The molecule has 1 aliphatic rings. The van der Waals surface area contributed by atoms with Gasteiger partial charge in [0, 0.05) is 26.0 Å². The molecule has 2 heterocycles. The minimum Gasteiger partial charge on any atom is -0.381 e. The number of aromatic nitrogens is 2. The molecule has 15 heavy (non-hydrogen) atoms. The van der Waals surface area contributed by atoms with Crippen LogP contribution in [-0.2, 0) is 11.3 Å². The average Bonchev–Trinajstić information content (AvgIpc) is 2.57. The van der Waals surface area contributed by atoms with Crippen molar-refractivity contribution >= 4 is 17.4 Å². The highest BCUT2D eigenvalue weighted by Gasteiger charge is 2.14. The Morgan fingerprint density at radius 2 is 2.27 bits per heavy atom. The van der Waals surface area contributed by atoms with Crippen molar-refractivity contribution in [2.75, 3.05) is 18.9 Å². The van der Waals surface area contributed by atoms with Crippen LogP contribution in [0.5, 0.6) is 0 Å². The molecular weight excluding hydrogens is 214 g/mol. The molecule has 1 aliphatic heterocycles. The molecule has 0 amide bonds. The molecule has 1 aromatic rings. The number of nitrogens with two attached hydrogens (primary N) is 1. The Hall–Kier alpha value is -0.740. The third-order valence-corrected chi connectivity index (χ3v) is 3.14. The maximum absolute atomic E-state index is 5.82. The Morgan fingerprint density at radius 3 is 2.87 bits per heavy atom. The Balaban J connectivity index is 1.81. The smallest absolute Gasteiger partial charge is 0.164 e. The Kier molecular flexibility index (Phi) is 3.49. The van der Waals surface area contributed by atoms with Gasteiger partial charge >= 0.3 is 0 Å². The Bertz CT molecular complexity index is 301. The molecule has 0 unspecified atom stereocenters. The maximum Gasteiger partial charge on any atom is 0.164 e. The first-order chi connectivity index (χ1) is 7.25. The van der Waals surface area contributed by atoms with E-state index in [1.807, 2.05) is 4.68 Å². The number of anilines is 1. The van der Waals surface area contributed by atoms with Crippen LogP contribution >= 0.6 is 11.6 Å². The zero-order chi connectivity index (χ0) is 10.7. The molecule has 5 heteroatoms. The van der Waals surface area contributed by atoms with Crippen LogP contribution < -0.4 is 5.73 Å². The monoisotopic (exact) mass is 229 g/mol. The number of nitrogen functional groups attached to an aromatic ring is 1. The molecule has 0 bridgehead atoms. The first-order valence-electron chi connectivity index (χ1n) is 5.32. The second kappa shape index (κ2) is 4.86. The van der Waals surface area contributed by atoms with Gasteiger partial charge in [0.05, 0.1) is 0 Å². The topological polar surface area (TPSA) is 53.1 Å². The van der Waals surface area contributed by atoms with Gasteiger partial charge in [-0.15, -0.1) is 0 Å². The van der Waals surface area contributed by atoms with Gasteiger partial charge in [0.1, 0.15) is 5.02 Å². The Labute approximate surface area is 94.3 Å². The molecule has 1 aromatic heterocycles. The highest BCUT2D eigenvalue weighted by atomic mass is 35.5. The number of hydrogen-bond donors (Lipinski definition) is 1. The van der Waals surface area contributed by atoms with Crippen LogP contribution in [0.1, 0.15) is 19.3 Å². The first-order valence-corrected chi connectivity index (χ1v) is 5.69. The van der Waals surface area contributed by atoms with Gasteiger partial charge in [-0.05, 0) is 25.2 Å². The summed E-state index contributed by atoms with van der Waals surface area (Å²) in [5.41, 5.74) is 5.57. The van der Waals surface area contributed by atoms with Crippen molar-refractivity contribution in [3.8, 4) is 0 Å². The second-order valence-electron chi connectivity index (χ2n) is 3.97. The minimum atomic E-state index is 0.420. The number of hydrogen-bond acceptors (Lipinski definition) is 3. The number of halogens is 1. The standard InChI is InChI=1S/C10H16ClN3O/c11-9-7-14(13-10(9)12)4-1-8-2-5-15-6-3-8/h7-8H,1-6H2,(H2,12,13). The highest BCUT2D eigenvalue weighted by molar-refractivity contribution is 6.32. The van der Waals surface area contributed by atoms with Gasteiger partial charge in [-0.25, -0.2) is 0 Å². The van der Waals surface area contributed by atoms with Crippen molar-refractivity contribution in [1.82, 2.24) is 9.78 Å². The molecule has 0 radical (unpaired) electrons. The average molecular weight is 230 g/mol. The van der Waals surface area contributed by atoms with Gasteiger partial charge in [0.25, 0.3) is 0 Å². The van der Waals surface area contributed by atoms with E-state index in [0.29, 0.717) is 10.8 Å². The zero-order valence-electron chi connectivity index (χ0n) is 8.66. The summed E-state index contributed by atoms with van der Waals surface area (Å²) in [7, 11) is 0. The third kappa shape index (κ3) is 2.86. The van der Waals surface area contributed by atoms with Crippen molar-refractivity contribution in [3.05, 3.63) is 11.2 Å². The van der Waals surface area contributed by atoms with E-state index in [2.05, 4.69) is 5.10 Å². The summed E-state index contributed by atoms with van der Waals surface area (Å²) in [6, 6.07) is 0. The largest absolute Gasteiger partial charge is 0.381 e. The summed E-state index contributed by atoms with van der Waals surface area (Å²) in [5, 5.41) is 4.67. The van der Waals surface area contributed by atoms with Gasteiger partial charge < -0.3 is 10.5 Å². The molecule has 4 nitrogen and oxygen atoms in total. The zero-order valence-corrected chi connectivity index (χ0v) is 9.41. The van der Waals surface area contributed by atoms with E-state index in [1.54, 1.807) is 6.20 Å². The summed E-state index contributed by atoms with van der Waals surface area (Å²) in [6.07, 6.45) is 5.23. The van der Waals surface area contributed by atoms with Crippen LogP contribution in [0.3, 0.4) is 0 Å². The number of aryl methyl sites for hydroxylation is 1. The summed E-state index contributed by atoms with van der Waals surface area (Å²) in [4.78, 5) is 0. The minimum absolute atomic E-state index is 0.420. The molecule has 0 aromatic carbocycles. The highest BCUT2D eigenvalue weighted by Crippen LogP contribution is 2.20. The van der Waals surface area contributed by atoms with E-state index in [9.17, 15) is 0 Å². The van der Waals surface area contributed by atoms with E-state index in [-0.39, 0.29) is 0 Å². The maximum atomic E-state index is 5.82. The lowest BCUT2D eigenvalue weighted by Gasteiger charge is -2.21. The predicted octanol–water partition coefficient (Wildman–Crippen LogP) is 1.94. The number of rotatable bonds is 3. The van der Waals surface area contributed by atoms with Gasteiger partial charge in [-0.2, -0.15) is 5.10 Å². The fourth-order valence-corrected chi connectivity index (χ4v) is 2.03. The van der Waals surface area contributed by atoms with Crippen LogP contribution in [-0.4, -0.2) is 23.0 Å². The predicted molar refractivity (Wildman–Crippen MR) is 59.8 cm³/mol. The molecule has 1 saturated heterocycles.